The van der Waals surface area contributed by atoms with Gasteiger partial charge in [0.05, 0.1) is 23.6 Å². The van der Waals surface area contributed by atoms with Gasteiger partial charge < -0.3 is 10.2 Å². The zero-order chi connectivity index (χ0) is 8.27. The Morgan fingerprint density at radius 1 is 1.82 bits per heavy atom. The number of nitriles is 1. The lowest BCUT2D eigenvalue weighted by Crippen LogP contribution is -1.93. The van der Waals surface area contributed by atoms with Crippen LogP contribution in [0, 0.1) is 11.3 Å². The second-order valence-electron chi connectivity index (χ2n) is 1.84. The summed E-state index contributed by atoms with van der Waals surface area (Å²) < 4.78 is 5.46. The van der Waals surface area contributed by atoms with Crippen LogP contribution >= 0.6 is 15.9 Å². The van der Waals surface area contributed by atoms with E-state index in [-0.39, 0.29) is 0 Å². The zero-order valence-electron chi connectivity index (χ0n) is 5.54. The SMILES string of the molecule is N#C/C=C(/N)c1ccoc1Br. The molecule has 4 heteroatoms. The largest absolute Gasteiger partial charge is 0.457 e. The molecule has 1 aromatic rings. The maximum absolute atomic E-state index is 8.27. The minimum atomic E-state index is 0.396. The molecule has 0 fully saturated rings. The number of allylic oxidation sites excluding steroid dienone is 1. The van der Waals surface area contributed by atoms with Gasteiger partial charge in [0.1, 0.15) is 0 Å². The van der Waals surface area contributed by atoms with Gasteiger partial charge in [0.15, 0.2) is 4.67 Å². The van der Waals surface area contributed by atoms with Gasteiger partial charge in [-0.1, -0.05) is 0 Å². The fraction of sp³-hybridized carbons (Fsp3) is 0. The van der Waals surface area contributed by atoms with Crippen molar-refractivity contribution in [3.63, 3.8) is 0 Å². The van der Waals surface area contributed by atoms with E-state index in [9.17, 15) is 0 Å². The minimum absolute atomic E-state index is 0.396. The number of halogens is 1. The van der Waals surface area contributed by atoms with E-state index < -0.39 is 0 Å². The molecule has 3 nitrogen and oxygen atoms in total. The van der Waals surface area contributed by atoms with Crippen molar-refractivity contribution in [2.45, 2.75) is 0 Å². The van der Waals surface area contributed by atoms with E-state index in [2.05, 4.69) is 15.9 Å². The second kappa shape index (κ2) is 3.26. The summed E-state index contributed by atoms with van der Waals surface area (Å²) in [5, 5.41) is 8.27. The number of furan rings is 1. The molecule has 0 spiro atoms. The smallest absolute Gasteiger partial charge is 0.178 e. The Labute approximate surface area is 72.2 Å². The van der Waals surface area contributed by atoms with Gasteiger partial charge in [-0.05, 0) is 22.0 Å². The van der Waals surface area contributed by atoms with Crippen molar-refractivity contribution in [1.29, 1.82) is 5.26 Å². The first-order valence-electron chi connectivity index (χ1n) is 2.84. The fourth-order valence-corrected chi connectivity index (χ4v) is 1.12. The molecule has 0 atom stereocenters. The summed E-state index contributed by atoms with van der Waals surface area (Å²) in [5.74, 6) is 0. The molecule has 0 bridgehead atoms. The van der Waals surface area contributed by atoms with E-state index in [1.807, 2.05) is 6.07 Å². The molecular weight excluding hydrogens is 208 g/mol. The van der Waals surface area contributed by atoms with E-state index in [1.54, 1.807) is 6.07 Å². The summed E-state index contributed by atoms with van der Waals surface area (Å²) >= 11 is 3.14. The van der Waals surface area contributed by atoms with Crippen molar-refractivity contribution in [3.8, 4) is 6.07 Å². The topological polar surface area (TPSA) is 63.0 Å². The summed E-state index contributed by atoms with van der Waals surface area (Å²) in [7, 11) is 0. The Hall–Kier alpha value is -1.21. The van der Waals surface area contributed by atoms with Crippen LogP contribution in [0.1, 0.15) is 5.56 Å². The normalized spacial score (nSPS) is 11.1. The maximum Gasteiger partial charge on any atom is 0.178 e. The number of nitrogens with zero attached hydrogens (tertiary/aromatic N) is 1. The number of nitrogens with two attached hydrogens (primary N) is 1. The van der Waals surface area contributed by atoms with Crippen LogP contribution in [0.3, 0.4) is 0 Å². The molecule has 1 rings (SSSR count). The molecule has 0 unspecified atom stereocenters. The summed E-state index contributed by atoms with van der Waals surface area (Å²) in [6, 6.07) is 3.52. The molecule has 0 aliphatic carbocycles. The predicted molar refractivity (Wildman–Crippen MR) is 44.2 cm³/mol. The molecule has 0 aromatic carbocycles. The van der Waals surface area contributed by atoms with Gasteiger partial charge in [0.25, 0.3) is 0 Å². The monoisotopic (exact) mass is 212 g/mol. The molecule has 0 saturated carbocycles. The fourth-order valence-electron chi connectivity index (χ4n) is 0.648. The van der Waals surface area contributed by atoms with Crippen LogP contribution in [0.2, 0.25) is 0 Å². The molecule has 0 saturated heterocycles. The van der Waals surface area contributed by atoms with Crippen LogP contribution in [-0.2, 0) is 0 Å². The highest BCUT2D eigenvalue weighted by Gasteiger charge is 2.03. The van der Waals surface area contributed by atoms with Crippen LogP contribution in [0.4, 0.5) is 0 Å². The Balaban J connectivity index is 3.04. The van der Waals surface area contributed by atoms with Crippen molar-refractivity contribution in [2.75, 3.05) is 0 Å². The molecule has 56 valence electrons. The van der Waals surface area contributed by atoms with E-state index in [0.29, 0.717) is 15.9 Å². The lowest BCUT2D eigenvalue weighted by atomic mass is 10.2. The molecular formula is C7H5BrN2O. The Kier molecular flexibility index (Phi) is 2.34. The zero-order valence-corrected chi connectivity index (χ0v) is 7.13. The van der Waals surface area contributed by atoms with Crippen molar-refractivity contribution in [3.05, 3.63) is 28.6 Å². The maximum atomic E-state index is 8.27. The van der Waals surface area contributed by atoms with Crippen LogP contribution in [0.15, 0.2) is 27.5 Å². The molecule has 1 heterocycles. The van der Waals surface area contributed by atoms with Gasteiger partial charge in [-0.15, -0.1) is 0 Å². The van der Waals surface area contributed by atoms with Crippen molar-refractivity contribution in [1.82, 2.24) is 0 Å². The first-order chi connectivity index (χ1) is 5.25. The van der Waals surface area contributed by atoms with Crippen LogP contribution in [0.5, 0.6) is 0 Å². The van der Waals surface area contributed by atoms with Crippen molar-refractivity contribution >= 4 is 21.6 Å². The summed E-state index contributed by atoms with van der Waals surface area (Å²) in [5.41, 5.74) is 6.60. The predicted octanol–water partition coefficient (Wildman–Crippen LogP) is 1.87. The highest BCUT2D eigenvalue weighted by Crippen LogP contribution is 2.21. The number of rotatable bonds is 1. The Morgan fingerprint density at radius 2 is 2.55 bits per heavy atom. The third kappa shape index (κ3) is 1.63. The van der Waals surface area contributed by atoms with E-state index >= 15 is 0 Å². The second-order valence-corrected chi connectivity index (χ2v) is 2.56. The average molecular weight is 213 g/mol. The van der Waals surface area contributed by atoms with Crippen LogP contribution in [-0.4, -0.2) is 0 Å². The van der Waals surface area contributed by atoms with Gasteiger partial charge in [-0.3, -0.25) is 0 Å². The summed E-state index contributed by atoms with van der Waals surface area (Å²) in [4.78, 5) is 0. The van der Waals surface area contributed by atoms with E-state index in [4.69, 9.17) is 15.4 Å². The third-order valence-corrected chi connectivity index (χ3v) is 1.76. The first kappa shape index (κ1) is 7.89. The molecule has 2 N–H and O–H groups in total. The minimum Gasteiger partial charge on any atom is -0.457 e. The molecule has 1 aromatic heterocycles. The average Bonchev–Trinajstić information content (AvgIpc) is 2.36. The van der Waals surface area contributed by atoms with Crippen molar-refractivity contribution < 1.29 is 4.42 Å². The van der Waals surface area contributed by atoms with Gasteiger partial charge >= 0.3 is 0 Å². The standard InChI is InChI=1S/C7H5BrN2O/c8-7-5(2-4-11-7)6(10)1-3-9/h1-2,4H,10H2/b6-1+. The van der Waals surface area contributed by atoms with E-state index in [1.165, 1.54) is 12.3 Å². The van der Waals surface area contributed by atoms with Crippen molar-refractivity contribution in [2.24, 2.45) is 5.73 Å². The summed E-state index contributed by atoms with van der Waals surface area (Å²) in [6.45, 7) is 0. The van der Waals surface area contributed by atoms with Crippen LogP contribution in [0.25, 0.3) is 5.70 Å². The quantitative estimate of drug-likeness (QED) is 0.724. The molecule has 0 amide bonds. The Bertz CT molecular complexity index is 321. The lowest BCUT2D eigenvalue weighted by Gasteiger charge is -1.92. The van der Waals surface area contributed by atoms with Gasteiger partial charge in [-0.2, -0.15) is 5.26 Å². The highest BCUT2D eigenvalue weighted by atomic mass is 79.9. The third-order valence-electron chi connectivity index (χ3n) is 1.15. The number of hydrogen-bond acceptors (Lipinski definition) is 3. The molecule has 0 aliphatic rings. The van der Waals surface area contributed by atoms with Gasteiger partial charge in [0.2, 0.25) is 0 Å². The van der Waals surface area contributed by atoms with Crippen LogP contribution < -0.4 is 5.73 Å². The van der Waals surface area contributed by atoms with Gasteiger partial charge in [-0.25, -0.2) is 0 Å². The Morgan fingerprint density at radius 3 is 3.00 bits per heavy atom. The van der Waals surface area contributed by atoms with Gasteiger partial charge in [0, 0.05) is 6.08 Å². The number of hydrogen-bond donors (Lipinski definition) is 1. The first-order valence-corrected chi connectivity index (χ1v) is 3.63. The molecule has 0 aliphatic heterocycles. The molecule has 11 heavy (non-hydrogen) atoms. The highest BCUT2D eigenvalue weighted by molar-refractivity contribution is 9.10. The van der Waals surface area contributed by atoms with E-state index in [0.717, 1.165) is 0 Å². The molecule has 0 radical (unpaired) electrons. The summed E-state index contributed by atoms with van der Waals surface area (Å²) in [6.07, 6.45) is 2.76. The lowest BCUT2D eigenvalue weighted by molar-refractivity contribution is 0.540.